The molecule has 2 aliphatic rings. The number of pyridine rings is 1. The fraction of sp³-hybridized carbons (Fsp3) is 0.571. The monoisotopic (exact) mass is 243 g/mol. The van der Waals surface area contributed by atoms with Gasteiger partial charge in [-0.15, -0.1) is 0 Å². The summed E-state index contributed by atoms with van der Waals surface area (Å²) in [5, 5.41) is 0. The highest BCUT2D eigenvalue weighted by atomic mass is 16.5. The van der Waals surface area contributed by atoms with Crippen LogP contribution in [0.5, 0.6) is 0 Å². The maximum Gasteiger partial charge on any atom is 0.160 e. The van der Waals surface area contributed by atoms with Crippen LogP contribution in [0.1, 0.15) is 50.1 Å². The molecule has 4 heteroatoms. The van der Waals surface area contributed by atoms with Gasteiger partial charge in [-0.05, 0) is 44.2 Å². The first-order valence-corrected chi connectivity index (χ1v) is 6.88. The molecule has 2 aromatic rings. The minimum atomic E-state index is 0.180. The molecule has 4 rings (SSSR count). The molecule has 0 spiro atoms. The van der Waals surface area contributed by atoms with E-state index >= 15 is 0 Å². The van der Waals surface area contributed by atoms with Crippen LogP contribution >= 0.6 is 0 Å². The Bertz CT molecular complexity index is 567. The van der Waals surface area contributed by atoms with Gasteiger partial charge in [0.15, 0.2) is 5.65 Å². The molecular formula is C14H17N3O. The number of fused-ring (bicyclic) bond motifs is 1. The van der Waals surface area contributed by atoms with Crippen molar-refractivity contribution < 1.29 is 4.74 Å². The van der Waals surface area contributed by atoms with Gasteiger partial charge in [0.2, 0.25) is 0 Å². The summed E-state index contributed by atoms with van der Waals surface area (Å²) in [5.74, 6) is 1.10. The summed E-state index contributed by atoms with van der Waals surface area (Å²) >= 11 is 0. The van der Waals surface area contributed by atoms with Crippen LogP contribution in [0.25, 0.3) is 11.2 Å². The van der Waals surface area contributed by atoms with Crippen molar-refractivity contribution >= 4 is 11.2 Å². The Labute approximate surface area is 106 Å². The number of rotatable bonds is 2. The lowest BCUT2D eigenvalue weighted by Gasteiger charge is -2.29. The van der Waals surface area contributed by atoms with Crippen LogP contribution in [0.2, 0.25) is 0 Å². The third-order valence-electron chi connectivity index (χ3n) is 4.13. The number of nitrogens with zero attached hydrogens (tertiary/aromatic N) is 3. The van der Waals surface area contributed by atoms with Crippen LogP contribution in [-0.4, -0.2) is 21.1 Å². The van der Waals surface area contributed by atoms with E-state index in [0.717, 1.165) is 36.4 Å². The molecular weight excluding hydrogens is 226 g/mol. The first-order chi connectivity index (χ1) is 8.93. The molecule has 0 radical (unpaired) electrons. The van der Waals surface area contributed by atoms with Crippen molar-refractivity contribution in [3.8, 4) is 0 Å². The number of ether oxygens (including phenoxy) is 1. The second-order valence-corrected chi connectivity index (χ2v) is 5.27. The second kappa shape index (κ2) is 4.05. The zero-order chi connectivity index (χ0) is 11.9. The Hall–Kier alpha value is -1.42. The molecule has 94 valence electrons. The zero-order valence-corrected chi connectivity index (χ0v) is 10.4. The summed E-state index contributed by atoms with van der Waals surface area (Å²) in [6, 6.07) is 4.60. The van der Waals surface area contributed by atoms with Crippen molar-refractivity contribution in [3.05, 3.63) is 24.2 Å². The fourth-order valence-electron chi connectivity index (χ4n) is 2.96. The van der Waals surface area contributed by atoms with Crippen molar-refractivity contribution in [2.75, 3.05) is 6.61 Å². The second-order valence-electron chi connectivity index (χ2n) is 5.27. The van der Waals surface area contributed by atoms with E-state index in [1.165, 1.54) is 19.3 Å². The molecule has 0 aromatic carbocycles. The Morgan fingerprint density at radius 2 is 2.17 bits per heavy atom. The molecule has 18 heavy (non-hydrogen) atoms. The van der Waals surface area contributed by atoms with Crippen LogP contribution < -0.4 is 0 Å². The van der Waals surface area contributed by atoms with Gasteiger partial charge in [0.05, 0.1) is 0 Å². The maximum absolute atomic E-state index is 5.82. The largest absolute Gasteiger partial charge is 0.370 e. The molecule has 1 unspecified atom stereocenters. The van der Waals surface area contributed by atoms with Gasteiger partial charge in [0.25, 0.3) is 0 Å². The topological polar surface area (TPSA) is 39.9 Å². The Balaban J connectivity index is 1.88. The molecule has 0 bridgehead atoms. The zero-order valence-electron chi connectivity index (χ0n) is 10.4. The van der Waals surface area contributed by atoms with Gasteiger partial charge in [0.1, 0.15) is 17.4 Å². The minimum absolute atomic E-state index is 0.180. The van der Waals surface area contributed by atoms with Crippen molar-refractivity contribution in [2.45, 2.75) is 44.2 Å². The van der Waals surface area contributed by atoms with Crippen LogP contribution in [0, 0.1) is 0 Å². The van der Waals surface area contributed by atoms with E-state index in [1.54, 1.807) is 0 Å². The predicted molar refractivity (Wildman–Crippen MR) is 68.3 cm³/mol. The van der Waals surface area contributed by atoms with Crippen LogP contribution in [0.4, 0.5) is 0 Å². The van der Waals surface area contributed by atoms with E-state index in [9.17, 15) is 0 Å². The lowest BCUT2D eigenvalue weighted by molar-refractivity contribution is 0.0982. The summed E-state index contributed by atoms with van der Waals surface area (Å²) in [7, 11) is 0. The summed E-state index contributed by atoms with van der Waals surface area (Å²) < 4.78 is 8.16. The van der Waals surface area contributed by atoms with E-state index < -0.39 is 0 Å². The molecule has 2 fully saturated rings. The summed E-state index contributed by atoms with van der Waals surface area (Å²) in [4.78, 5) is 9.29. The molecule has 1 saturated heterocycles. The third kappa shape index (κ3) is 1.48. The smallest absolute Gasteiger partial charge is 0.160 e. The van der Waals surface area contributed by atoms with Crippen molar-refractivity contribution in [1.29, 1.82) is 0 Å². The Morgan fingerprint density at radius 1 is 1.22 bits per heavy atom. The molecule has 1 saturated carbocycles. The van der Waals surface area contributed by atoms with E-state index in [4.69, 9.17) is 9.72 Å². The highest BCUT2D eigenvalue weighted by Gasteiger charge is 2.30. The molecule has 1 atom stereocenters. The third-order valence-corrected chi connectivity index (χ3v) is 4.13. The van der Waals surface area contributed by atoms with Gasteiger partial charge < -0.3 is 9.30 Å². The SMILES string of the molecule is c1cnc2c(c1)nc(C1CCCO1)n2C1CCC1. The molecule has 2 aromatic heterocycles. The first-order valence-electron chi connectivity index (χ1n) is 6.88. The minimum Gasteiger partial charge on any atom is -0.370 e. The van der Waals surface area contributed by atoms with Crippen molar-refractivity contribution in [2.24, 2.45) is 0 Å². The standard InChI is InChI=1S/C14H17N3O/c1-4-10(5-1)17-13-11(6-2-8-15-13)16-14(17)12-7-3-9-18-12/h2,6,8,10,12H,1,3-5,7,9H2. The van der Waals surface area contributed by atoms with E-state index in [0.29, 0.717) is 6.04 Å². The van der Waals surface area contributed by atoms with Gasteiger partial charge >= 0.3 is 0 Å². The van der Waals surface area contributed by atoms with E-state index in [-0.39, 0.29) is 6.10 Å². The van der Waals surface area contributed by atoms with E-state index in [2.05, 4.69) is 15.6 Å². The quantitative estimate of drug-likeness (QED) is 0.814. The molecule has 0 N–H and O–H groups in total. The molecule has 4 nitrogen and oxygen atoms in total. The van der Waals surface area contributed by atoms with Crippen LogP contribution in [-0.2, 0) is 4.74 Å². The normalized spacial score (nSPS) is 24.6. The average molecular weight is 243 g/mol. The van der Waals surface area contributed by atoms with Gasteiger partial charge in [0, 0.05) is 18.8 Å². The highest BCUT2D eigenvalue weighted by Crippen LogP contribution is 2.38. The predicted octanol–water partition coefficient (Wildman–Crippen LogP) is 3.01. The van der Waals surface area contributed by atoms with Crippen LogP contribution in [0.3, 0.4) is 0 Å². The van der Waals surface area contributed by atoms with Crippen molar-refractivity contribution in [1.82, 2.24) is 14.5 Å². The lowest BCUT2D eigenvalue weighted by atomic mass is 9.92. The number of hydrogen-bond donors (Lipinski definition) is 0. The number of aromatic nitrogens is 3. The molecule has 1 aliphatic heterocycles. The van der Waals surface area contributed by atoms with Crippen LogP contribution in [0.15, 0.2) is 18.3 Å². The fourth-order valence-corrected chi connectivity index (χ4v) is 2.96. The number of hydrogen-bond acceptors (Lipinski definition) is 3. The molecule has 1 aliphatic carbocycles. The van der Waals surface area contributed by atoms with Gasteiger partial charge in [-0.1, -0.05) is 0 Å². The molecule has 3 heterocycles. The van der Waals surface area contributed by atoms with Crippen molar-refractivity contribution in [3.63, 3.8) is 0 Å². The van der Waals surface area contributed by atoms with E-state index in [1.807, 2.05) is 12.3 Å². The first kappa shape index (κ1) is 10.5. The van der Waals surface area contributed by atoms with Gasteiger partial charge in [-0.2, -0.15) is 0 Å². The Morgan fingerprint density at radius 3 is 2.89 bits per heavy atom. The lowest BCUT2D eigenvalue weighted by Crippen LogP contribution is -2.21. The number of imidazole rings is 1. The van der Waals surface area contributed by atoms with Gasteiger partial charge in [-0.25, -0.2) is 9.97 Å². The molecule has 0 amide bonds. The van der Waals surface area contributed by atoms with Gasteiger partial charge in [-0.3, -0.25) is 0 Å². The maximum atomic E-state index is 5.82. The summed E-state index contributed by atoms with van der Waals surface area (Å²) in [5.41, 5.74) is 2.04. The summed E-state index contributed by atoms with van der Waals surface area (Å²) in [6.07, 6.45) is 8.10. The Kier molecular flexibility index (Phi) is 2.36. The summed E-state index contributed by atoms with van der Waals surface area (Å²) in [6.45, 7) is 0.867. The highest BCUT2D eigenvalue weighted by molar-refractivity contribution is 5.71. The average Bonchev–Trinajstić information content (AvgIpc) is 2.94.